The molecule has 0 spiro atoms. The second kappa shape index (κ2) is 7.05. The molecule has 1 aliphatic rings. The van der Waals surface area contributed by atoms with Crippen LogP contribution in [0.1, 0.15) is 19.3 Å². The molecule has 0 saturated carbocycles. The fraction of sp³-hybridized carbons (Fsp3) is 0.500. The van der Waals surface area contributed by atoms with Gasteiger partial charge in [-0.25, -0.2) is 0 Å². The lowest BCUT2D eigenvalue weighted by Gasteiger charge is -2.30. The van der Waals surface area contributed by atoms with Crippen LogP contribution < -0.4 is 0 Å². The van der Waals surface area contributed by atoms with Crippen LogP contribution >= 0.6 is 11.8 Å². The van der Waals surface area contributed by atoms with E-state index in [0.29, 0.717) is 25.5 Å². The van der Waals surface area contributed by atoms with Gasteiger partial charge in [-0.3, -0.25) is 0 Å². The number of carbonyl (C=O) groups excluding carboxylic acids is 1. The third-order valence-electron chi connectivity index (χ3n) is 3.07. The summed E-state index contributed by atoms with van der Waals surface area (Å²) in [6.07, 6.45) is 0.00104. The van der Waals surface area contributed by atoms with Crippen molar-refractivity contribution in [1.82, 2.24) is 0 Å². The summed E-state index contributed by atoms with van der Waals surface area (Å²) in [5, 5.41) is 19.7. The molecule has 2 N–H and O–H groups in total. The highest BCUT2D eigenvalue weighted by Gasteiger charge is 2.29. The van der Waals surface area contributed by atoms with Gasteiger partial charge in [-0.15, -0.1) is 0 Å². The van der Waals surface area contributed by atoms with Gasteiger partial charge in [-0.1, -0.05) is 30.0 Å². The second-order valence-corrected chi connectivity index (χ2v) is 5.82. The van der Waals surface area contributed by atoms with Gasteiger partial charge in [0, 0.05) is 11.3 Å². The zero-order valence-corrected chi connectivity index (χ0v) is 11.3. The highest BCUT2D eigenvalue weighted by atomic mass is 32.2. The molecule has 0 aliphatic carbocycles. The Morgan fingerprint density at radius 1 is 1.21 bits per heavy atom. The smallest absolute Gasteiger partial charge is 0.148 e. The van der Waals surface area contributed by atoms with E-state index in [2.05, 4.69) is 0 Å². The quantitative estimate of drug-likeness (QED) is 0.824. The predicted octanol–water partition coefficient (Wildman–Crippen LogP) is 1.59. The van der Waals surface area contributed by atoms with Crippen LogP contribution in [0.2, 0.25) is 0 Å². The fourth-order valence-corrected chi connectivity index (χ4v) is 3.10. The maximum Gasteiger partial charge on any atom is 0.148 e. The van der Waals surface area contributed by atoms with Gasteiger partial charge in [0.25, 0.3) is 0 Å². The minimum Gasteiger partial charge on any atom is -0.393 e. The number of hydrogen-bond donors (Lipinski definition) is 2. The van der Waals surface area contributed by atoms with Crippen LogP contribution in [0.15, 0.2) is 35.2 Å². The summed E-state index contributed by atoms with van der Waals surface area (Å²) in [5.74, 6) is 0. The maximum absolute atomic E-state index is 10.9. The number of hydrogen-bond acceptors (Lipinski definition) is 5. The summed E-state index contributed by atoms with van der Waals surface area (Å²) in [6.45, 7) is 0. The number of carbonyl (C=O) groups is 1. The van der Waals surface area contributed by atoms with Crippen LogP contribution in [0.25, 0.3) is 0 Å². The van der Waals surface area contributed by atoms with E-state index < -0.39 is 23.7 Å². The molecular formula is C14H18O4S. The molecule has 3 unspecified atom stereocenters. The summed E-state index contributed by atoms with van der Waals surface area (Å²) >= 11 is 1.40. The first-order chi connectivity index (χ1) is 9.19. The number of benzene rings is 1. The molecule has 19 heavy (non-hydrogen) atoms. The number of rotatable bonds is 3. The summed E-state index contributed by atoms with van der Waals surface area (Å²) in [6, 6.07) is 9.62. The molecular weight excluding hydrogens is 264 g/mol. The minimum atomic E-state index is -0.692. The Morgan fingerprint density at radius 2 is 1.95 bits per heavy atom. The van der Waals surface area contributed by atoms with Gasteiger partial charge in [0.05, 0.1) is 12.2 Å². The van der Waals surface area contributed by atoms with Gasteiger partial charge >= 0.3 is 0 Å². The molecule has 1 fully saturated rings. The fourth-order valence-electron chi connectivity index (χ4n) is 2.03. The van der Waals surface area contributed by atoms with Crippen LogP contribution in [0.3, 0.4) is 0 Å². The second-order valence-electron chi connectivity index (χ2n) is 4.64. The summed E-state index contributed by atoms with van der Waals surface area (Å²) in [5.41, 5.74) is -0.481. The lowest BCUT2D eigenvalue weighted by Crippen LogP contribution is -2.36. The van der Waals surface area contributed by atoms with Crippen molar-refractivity contribution in [3.63, 3.8) is 0 Å². The zero-order valence-electron chi connectivity index (χ0n) is 10.5. The van der Waals surface area contributed by atoms with Crippen LogP contribution in [0, 0.1) is 0 Å². The Labute approximate surface area is 116 Å². The number of thioether (sulfide) groups is 1. The standard InChI is InChI=1S/C14H18O4S/c15-9-11-8-10(16)6-7-13(17)14(18-11)19-12-4-2-1-3-5-12/h1-5,9-11,13-14,16-17H,6-8H2/t10?,11?,13?,14-/m0/s1. The van der Waals surface area contributed by atoms with Gasteiger partial charge in [-0.2, -0.15) is 0 Å². The summed E-state index contributed by atoms with van der Waals surface area (Å²) in [7, 11) is 0. The molecule has 1 saturated heterocycles. The topological polar surface area (TPSA) is 66.8 Å². The Bertz CT molecular complexity index is 398. The van der Waals surface area contributed by atoms with Gasteiger partial charge < -0.3 is 19.7 Å². The van der Waals surface area contributed by atoms with E-state index in [1.807, 2.05) is 30.3 Å². The molecule has 0 radical (unpaired) electrons. The maximum atomic E-state index is 10.9. The van der Waals surface area contributed by atoms with E-state index in [0.717, 1.165) is 4.90 Å². The molecule has 0 aromatic heterocycles. The molecule has 5 heteroatoms. The molecule has 0 bridgehead atoms. The van der Waals surface area contributed by atoms with Crippen molar-refractivity contribution in [2.75, 3.05) is 0 Å². The van der Waals surface area contributed by atoms with Crippen molar-refractivity contribution in [3.05, 3.63) is 30.3 Å². The van der Waals surface area contributed by atoms with E-state index in [1.165, 1.54) is 11.8 Å². The Hall–Kier alpha value is -0.880. The van der Waals surface area contributed by atoms with E-state index in [1.54, 1.807) is 0 Å². The summed E-state index contributed by atoms with van der Waals surface area (Å²) < 4.78 is 5.61. The van der Waals surface area contributed by atoms with E-state index in [9.17, 15) is 15.0 Å². The number of aliphatic hydroxyl groups excluding tert-OH is 2. The molecule has 4 atom stereocenters. The average Bonchev–Trinajstić information content (AvgIpc) is 2.43. The highest BCUT2D eigenvalue weighted by molar-refractivity contribution is 7.99. The SMILES string of the molecule is O=CC1CC(O)CCC(O)[C@H](Sc2ccccc2)O1. The zero-order chi connectivity index (χ0) is 13.7. The van der Waals surface area contributed by atoms with Crippen molar-refractivity contribution in [2.24, 2.45) is 0 Å². The molecule has 104 valence electrons. The lowest BCUT2D eigenvalue weighted by atomic mass is 10.0. The first kappa shape index (κ1) is 14.5. The Kier molecular flexibility index (Phi) is 5.39. The van der Waals surface area contributed by atoms with Crippen molar-refractivity contribution >= 4 is 18.0 Å². The first-order valence-corrected chi connectivity index (χ1v) is 7.25. The molecule has 1 aliphatic heterocycles. The monoisotopic (exact) mass is 282 g/mol. The van der Waals surface area contributed by atoms with Crippen LogP contribution in [-0.2, 0) is 9.53 Å². The molecule has 1 aromatic carbocycles. The molecule has 1 heterocycles. The summed E-state index contributed by atoms with van der Waals surface area (Å²) in [4.78, 5) is 11.9. The molecule has 2 rings (SSSR count). The van der Waals surface area contributed by atoms with Crippen LogP contribution in [0.5, 0.6) is 0 Å². The van der Waals surface area contributed by atoms with Gasteiger partial charge in [0.1, 0.15) is 17.8 Å². The van der Waals surface area contributed by atoms with Gasteiger partial charge in [0.2, 0.25) is 0 Å². The molecule has 0 amide bonds. The van der Waals surface area contributed by atoms with Crippen LogP contribution in [0.4, 0.5) is 0 Å². The third-order valence-corrected chi connectivity index (χ3v) is 4.27. The number of ether oxygens (including phenoxy) is 1. The Balaban J connectivity index is 2.05. The molecule has 1 aromatic rings. The minimum absolute atomic E-state index is 0.294. The van der Waals surface area contributed by atoms with Gasteiger partial charge in [0.15, 0.2) is 0 Å². The predicted molar refractivity (Wildman–Crippen MR) is 72.9 cm³/mol. The van der Waals surface area contributed by atoms with E-state index >= 15 is 0 Å². The van der Waals surface area contributed by atoms with Crippen molar-refractivity contribution in [3.8, 4) is 0 Å². The average molecular weight is 282 g/mol. The normalized spacial score (nSPS) is 32.3. The van der Waals surface area contributed by atoms with Crippen molar-refractivity contribution in [1.29, 1.82) is 0 Å². The Morgan fingerprint density at radius 3 is 2.63 bits per heavy atom. The number of aldehydes is 1. The third kappa shape index (κ3) is 4.31. The van der Waals surface area contributed by atoms with Gasteiger partial charge in [-0.05, 0) is 25.0 Å². The molecule has 4 nitrogen and oxygen atoms in total. The van der Waals surface area contributed by atoms with E-state index in [4.69, 9.17) is 4.74 Å². The number of aliphatic hydroxyl groups is 2. The highest BCUT2D eigenvalue weighted by Crippen LogP contribution is 2.31. The van der Waals surface area contributed by atoms with Crippen LogP contribution in [-0.4, -0.2) is 40.2 Å². The van der Waals surface area contributed by atoms with Crippen molar-refractivity contribution < 1.29 is 19.7 Å². The lowest BCUT2D eigenvalue weighted by molar-refractivity contribution is -0.127. The van der Waals surface area contributed by atoms with Crippen molar-refractivity contribution in [2.45, 2.75) is 47.9 Å². The van der Waals surface area contributed by atoms with E-state index in [-0.39, 0.29) is 0 Å². The first-order valence-electron chi connectivity index (χ1n) is 6.37. The largest absolute Gasteiger partial charge is 0.393 e.